The summed E-state index contributed by atoms with van der Waals surface area (Å²) in [6, 6.07) is 8.85. The minimum Gasteiger partial charge on any atom is -0.330 e. The molecule has 1 spiro atoms. The molecule has 1 aromatic carbocycles. The van der Waals surface area contributed by atoms with Gasteiger partial charge >= 0.3 is 0 Å². The van der Waals surface area contributed by atoms with Crippen molar-refractivity contribution in [2.45, 2.75) is 19.3 Å². The lowest BCUT2D eigenvalue weighted by Gasteiger charge is -2.05. The topological polar surface area (TPSA) is 26.0 Å². The Labute approximate surface area is 78.9 Å². The molecule has 0 amide bonds. The molecule has 0 aromatic heterocycles. The van der Waals surface area contributed by atoms with Crippen LogP contribution >= 0.6 is 0 Å². The summed E-state index contributed by atoms with van der Waals surface area (Å²) in [5.41, 5.74) is 9.45. The van der Waals surface area contributed by atoms with Crippen LogP contribution in [0.25, 0.3) is 0 Å². The lowest BCUT2D eigenvalue weighted by Crippen LogP contribution is -2.11. The van der Waals surface area contributed by atoms with Gasteiger partial charge in [0.1, 0.15) is 0 Å². The molecule has 0 bridgehead atoms. The molecule has 1 atom stereocenters. The van der Waals surface area contributed by atoms with Crippen molar-refractivity contribution in [2.24, 2.45) is 17.1 Å². The number of benzene rings is 1. The highest BCUT2D eigenvalue weighted by Gasteiger charge is 2.55. The lowest BCUT2D eigenvalue weighted by atomic mass is 10.0. The van der Waals surface area contributed by atoms with E-state index in [1.54, 1.807) is 11.1 Å². The summed E-state index contributed by atoms with van der Waals surface area (Å²) in [6.07, 6.45) is 3.92. The van der Waals surface area contributed by atoms with Crippen LogP contribution < -0.4 is 5.73 Å². The van der Waals surface area contributed by atoms with E-state index >= 15 is 0 Å². The largest absolute Gasteiger partial charge is 0.330 e. The van der Waals surface area contributed by atoms with Crippen molar-refractivity contribution in [3.8, 4) is 0 Å². The molecule has 2 N–H and O–H groups in total. The van der Waals surface area contributed by atoms with E-state index in [-0.39, 0.29) is 0 Å². The maximum Gasteiger partial charge on any atom is -0.00431 e. The Hall–Kier alpha value is -0.820. The van der Waals surface area contributed by atoms with E-state index in [9.17, 15) is 0 Å². The molecule has 2 aliphatic rings. The van der Waals surface area contributed by atoms with Gasteiger partial charge in [-0.15, -0.1) is 0 Å². The molecular weight excluding hydrogens is 158 g/mol. The van der Waals surface area contributed by atoms with E-state index < -0.39 is 0 Å². The van der Waals surface area contributed by atoms with E-state index in [4.69, 9.17) is 5.73 Å². The summed E-state index contributed by atoms with van der Waals surface area (Å²) in [7, 11) is 0. The molecule has 68 valence electrons. The highest BCUT2D eigenvalue weighted by atomic mass is 14.7. The van der Waals surface area contributed by atoms with Crippen LogP contribution in [0, 0.1) is 11.3 Å². The van der Waals surface area contributed by atoms with Crippen molar-refractivity contribution in [1.29, 1.82) is 0 Å². The normalized spacial score (nSPS) is 27.6. The Kier molecular flexibility index (Phi) is 1.37. The van der Waals surface area contributed by atoms with Gasteiger partial charge in [0.25, 0.3) is 0 Å². The highest BCUT2D eigenvalue weighted by molar-refractivity contribution is 5.37. The summed E-state index contributed by atoms with van der Waals surface area (Å²) in [6.45, 7) is 0.883. The van der Waals surface area contributed by atoms with Crippen molar-refractivity contribution in [2.75, 3.05) is 6.54 Å². The van der Waals surface area contributed by atoms with Crippen molar-refractivity contribution in [1.82, 2.24) is 0 Å². The average Bonchev–Trinajstić information content (AvgIpc) is 2.69. The number of hydrogen-bond donors (Lipinski definition) is 1. The molecule has 1 aromatic rings. The first-order valence-electron chi connectivity index (χ1n) is 5.11. The van der Waals surface area contributed by atoms with Crippen LogP contribution in [0.5, 0.6) is 0 Å². The zero-order valence-corrected chi connectivity index (χ0v) is 7.79. The fourth-order valence-corrected chi connectivity index (χ4v) is 2.92. The second kappa shape index (κ2) is 2.36. The third-order valence-corrected chi connectivity index (χ3v) is 3.85. The summed E-state index contributed by atoms with van der Waals surface area (Å²) in [5, 5.41) is 0. The van der Waals surface area contributed by atoms with Crippen molar-refractivity contribution in [3.63, 3.8) is 0 Å². The smallest absolute Gasteiger partial charge is 0.00431 e. The first-order valence-corrected chi connectivity index (χ1v) is 5.11. The van der Waals surface area contributed by atoms with Gasteiger partial charge in [0, 0.05) is 0 Å². The van der Waals surface area contributed by atoms with Gasteiger partial charge in [-0.05, 0) is 48.3 Å². The Morgan fingerprint density at radius 3 is 2.31 bits per heavy atom. The third kappa shape index (κ3) is 0.969. The first-order chi connectivity index (χ1) is 6.34. The van der Waals surface area contributed by atoms with E-state index in [0.29, 0.717) is 5.41 Å². The van der Waals surface area contributed by atoms with Crippen molar-refractivity contribution < 1.29 is 0 Å². The second-order valence-electron chi connectivity index (χ2n) is 4.62. The fraction of sp³-hybridized carbons (Fsp3) is 0.500. The monoisotopic (exact) mass is 173 g/mol. The van der Waals surface area contributed by atoms with Crippen LogP contribution in [-0.2, 0) is 12.8 Å². The van der Waals surface area contributed by atoms with Crippen LogP contribution in [-0.4, -0.2) is 6.54 Å². The summed E-state index contributed by atoms with van der Waals surface area (Å²) in [5.74, 6) is 0.805. The molecule has 0 saturated heterocycles. The van der Waals surface area contributed by atoms with E-state index in [1.807, 2.05) is 0 Å². The number of hydrogen-bond acceptors (Lipinski definition) is 1. The highest BCUT2D eigenvalue weighted by Crippen LogP contribution is 2.59. The molecule has 1 fully saturated rings. The van der Waals surface area contributed by atoms with Gasteiger partial charge in [0.15, 0.2) is 0 Å². The van der Waals surface area contributed by atoms with Crippen LogP contribution in [0.4, 0.5) is 0 Å². The van der Waals surface area contributed by atoms with Gasteiger partial charge in [-0.1, -0.05) is 24.3 Å². The molecule has 0 aliphatic heterocycles. The van der Waals surface area contributed by atoms with Crippen molar-refractivity contribution in [3.05, 3.63) is 35.4 Å². The zero-order valence-electron chi connectivity index (χ0n) is 7.79. The number of fused-ring (bicyclic) bond motifs is 1. The number of rotatable bonds is 1. The van der Waals surface area contributed by atoms with E-state index in [1.165, 1.54) is 19.3 Å². The lowest BCUT2D eigenvalue weighted by molar-refractivity contribution is 0.486. The Balaban J connectivity index is 1.91. The second-order valence-corrected chi connectivity index (χ2v) is 4.62. The maximum absolute atomic E-state index is 5.72. The van der Waals surface area contributed by atoms with Gasteiger partial charge in [-0.25, -0.2) is 0 Å². The molecule has 1 nitrogen and oxygen atoms in total. The van der Waals surface area contributed by atoms with E-state index in [2.05, 4.69) is 24.3 Å². The Morgan fingerprint density at radius 2 is 1.85 bits per heavy atom. The minimum atomic E-state index is 0.596. The SMILES string of the molecule is NCC1CC12Cc1ccccc1C2. The van der Waals surface area contributed by atoms with Gasteiger partial charge in [0.05, 0.1) is 0 Å². The summed E-state index contributed by atoms with van der Waals surface area (Å²) in [4.78, 5) is 0. The Morgan fingerprint density at radius 1 is 1.23 bits per heavy atom. The molecule has 2 aliphatic carbocycles. The molecular formula is C12H15N. The van der Waals surface area contributed by atoms with Gasteiger partial charge in [-0.2, -0.15) is 0 Å². The molecule has 1 heteroatoms. The first kappa shape index (κ1) is 7.57. The van der Waals surface area contributed by atoms with Crippen LogP contribution in [0.1, 0.15) is 17.5 Å². The van der Waals surface area contributed by atoms with Gasteiger partial charge in [-0.3, -0.25) is 0 Å². The summed E-state index contributed by atoms with van der Waals surface area (Å²) < 4.78 is 0. The van der Waals surface area contributed by atoms with E-state index in [0.717, 1.165) is 12.5 Å². The molecule has 13 heavy (non-hydrogen) atoms. The molecule has 1 saturated carbocycles. The predicted molar refractivity (Wildman–Crippen MR) is 53.4 cm³/mol. The third-order valence-electron chi connectivity index (χ3n) is 3.85. The Bertz CT molecular complexity index is 318. The van der Waals surface area contributed by atoms with Crippen LogP contribution in [0.2, 0.25) is 0 Å². The zero-order chi connectivity index (χ0) is 8.89. The standard InChI is InChI=1S/C12H15N/c13-8-11-7-12(11)5-9-3-1-2-4-10(9)6-12/h1-4,11H,5-8,13H2. The van der Waals surface area contributed by atoms with Crippen LogP contribution in [0.3, 0.4) is 0 Å². The average molecular weight is 173 g/mol. The van der Waals surface area contributed by atoms with Gasteiger partial charge < -0.3 is 5.73 Å². The van der Waals surface area contributed by atoms with Gasteiger partial charge in [0.2, 0.25) is 0 Å². The predicted octanol–water partition coefficient (Wildman–Crippen LogP) is 1.75. The molecule has 1 unspecified atom stereocenters. The number of nitrogens with two attached hydrogens (primary N) is 1. The molecule has 0 radical (unpaired) electrons. The molecule has 3 rings (SSSR count). The molecule has 0 heterocycles. The van der Waals surface area contributed by atoms with Crippen LogP contribution in [0.15, 0.2) is 24.3 Å². The maximum atomic E-state index is 5.72. The fourth-order valence-electron chi connectivity index (χ4n) is 2.92. The quantitative estimate of drug-likeness (QED) is 0.688. The summed E-state index contributed by atoms with van der Waals surface area (Å²) >= 11 is 0. The van der Waals surface area contributed by atoms with Crippen molar-refractivity contribution >= 4 is 0 Å². The minimum absolute atomic E-state index is 0.596.